The number of benzene rings is 4. The summed E-state index contributed by atoms with van der Waals surface area (Å²) >= 11 is 25.3. The van der Waals surface area contributed by atoms with Gasteiger partial charge in [0.2, 0.25) is 0 Å². The quantitative estimate of drug-likeness (QED) is 0.208. The Morgan fingerprint density at radius 3 is 1.32 bits per heavy atom. The molecule has 0 spiro atoms. The zero-order valence-corrected chi connectivity index (χ0v) is 28.9. The van der Waals surface area contributed by atoms with Gasteiger partial charge in [-0.05, 0) is 35.4 Å². The average molecular weight is 708 g/mol. The highest BCUT2D eigenvalue weighted by Crippen LogP contribution is 2.44. The molecule has 2 heterocycles. The van der Waals surface area contributed by atoms with Crippen molar-refractivity contribution in [3.63, 3.8) is 0 Å². The summed E-state index contributed by atoms with van der Waals surface area (Å²) in [4.78, 5) is 32.5. The highest BCUT2D eigenvalue weighted by molar-refractivity contribution is 6.43. The van der Waals surface area contributed by atoms with Gasteiger partial charge in [0.15, 0.2) is 24.0 Å². The minimum atomic E-state index is -0.780. The second-order valence-corrected chi connectivity index (χ2v) is 12.7. The number of hydrogen-bond donors (Lipinski definition) is 2. The van der Waals surface area contributed by atoms with Crippen molar-refractivity contribution >= 4 is 69.1 Å². The Morgan fingerprint density at radius 2 is 0.957 bits per heavy atom. The first-order valence-electron chi connectivity index (χ1n) is 14.7. The highest BCUT2D eigenvalue weighted by atomic mass is 35.5. The Labute approximate surface area is 293 Å². The minimum Gasteiger partial charge on any atom is -0.374 e. The van der Waals surface area contributed by atoms with Gasteiger partial charge in [0, 0.05) is 50.4 Å². The van der Waals surface area contributed by atoms with Crippen molar-refractivity contribution < 1.29 is 14.3 Å². The lowest BCUT2D eigenvalue weighted by Crippen LogP contribution is -2.37. The van der Waals surface area contributed by atoms with Crippen LogP contribution in [0.3, 0.4) is 0 Å². The standard InChI is InChI=1S/C36H30Cl4N4O3/c1-41-33-29(19-13-15-25(37)27(39)17-19)31(45)21-9-5-7-11-23(21)35(43(33)3)47-36-24-12-8-6-10-22(24)32(46)30(34(42-2)44(36)4)20-14-16-26(38)28(40)18-20/h5-18,35-36,41-42H,1-4H3/t35-,36-/m1/s1. The molecule has 0 aromatic heterocycles. The van der Waals surface area contributed by atoms with Crippen molar-refractivity contribution in [2.75, 3.05) is 28.2 Å². The Bertz CT molecular complexity index is 1850. The fraction of sp³-hybridized carbons (Fsp3) is 0.167. The summed E-state index contributed by atoms with van der Waals surface area (Å²) in [5.74, 6) is 0.639. The summed E-state index contributed by atoms with van der Waals surface area (Å²) in [7, 11) is 7.21. The van der Waals surface area contributed by atoms with E-state index in [1.54, 1.807) is 62.6 Å². The van der Waals surface area contributed by atoms with Crippen LogP contribution in [0.25, 0.3) is 11.1 Å². The van der Waals surface area contributed by atoms with Crippen LogP contribution in [0.4, 0.5) is 0 Å². The predicted molar refractivity (Wildman–Crippen MR) is 189 cm³/mol. The summed E-state index contributed by atoms with van der Waals surface area (Å²) in [5.41, 5.74) is 4.28. The molecule has 0 saturated carbocycles. The van der Waals surface area contributed by atoms with E-state index in [-0.39, 0.29) is 11.6 Å². The van der Waals surface area contributed by atoms with E-state index in [0.29, 0.717) is 76.3 Å². The van der Waals surface area contributed by atoms with Crippen LogP contribution in [-0.2, 0) is 4.74 Å². The number of carbonyl (C=O) groups is 2. The van der Waals surface area contributed by atoms with Crippen LogP contribution in [0.1, 0.15) is 55.4 Å². The Morgan fingerprint density at radius 1 is 0.574 bits per heavy atom. The summed E-state index contributed by atoms with van der Waals surface area (Å²) in [6, 6.07) is 25.0. The lowest BCUT2D eigenvalue weighted by atomic mass is 9.94. The van der Waals surface area contributed by atoms with Gasteiger partial charge >= 0.3 is 0 Å². The molecule has 6 rings (SSSR count). The van der Waals surface area contributed by atoms with Crippen LogP contribution in [0.2, 0.25) is 20.1 Å². The predicted octanol–water partition coefficient (Wildman–Crippen LogP) is 8.45. The van der Waals surface area contributed by atoms with E-state index in [0.717, 1.165) is 0 Å². The Kier molecular flexibility index (Phi) is 9.29. The maximum Gasteiger partial charge on any atom is 0.197 e. The molecule has 11 heteroatoms. The first kappa shape index (κ1) is 32.9. The van der Waals surface area contributed by atoms with E-state index in [2.05, 4.69) is 10.6 Å². The fourth-order valence-corrected chi connectivity index (χ4v) is 6.82. The fourth-order valence-electron chi connectivity index (χ4n) is 6.22. The zero-order valence-electron chi connectivity index (χ0n) is 25.9. The Hall–Kier alpha value is -3.98. The van der Waals surface area contributed by atoms with Gasteiger partial charge in [0.05, 0.1) is 31.2 Å². The van der Waals surface area contributed by atoms with E-state index in [9.17, 15) is 9.59 Å². The Balaban J connectivity index is 1.54. The van der Waals surface area contributed by atoms with Crippen molar-refractivity contribution in [1.82, 2.24) is 20.4 Å². The summed E-state index contributed by atoms with van der Waals surface area (Å²) in [6.45, 7) is 0. The molecular weight excluding hydrogens is 678 g/mol. The number of allylic oxidation sites excluding steroid dienone is 2. The molecule has 2 atom stereocenters. The SMILES string of the molecule is CNC1=C(c2ccc(Cl)c(Cl)c2)C(=O)c2ccccc2[C@@H](O[C@@H]2c3ccccc3C(=O)C(c3ccc(Cl)c(Cl)c3)=C(NC)N2C)N1C. The molecule has 0 unspecified atom stereocenters. The van der Waals surface area contributed by atoms with Crippen molar-refractivity contribution in [2.24, 2.45) is 0 Å². The molecule has 0 saturated heterocycles. The number of ether oxygens (including phenoxy) is 1. The molecule has 4 aromatic rings. The maximum atomic E-state index is 14.3. The van der Waals surface area contributed by atoms with Crippen molar-refractivity contribution in [2.45, 2.75) is 12.5 Å². The lowest BCUT2D eigenvalue weighted by Gasteiger charge is -2.38. The van der Waals surface area contributed by atoms with Crippen molar-refractivity contribution in [1.29, 1.82) is 0 Å². The number of carbonyl (C=O) groups excluding carboxylic acids is 2. The third-order valence-electron chi connectivity index (χ3n) is 8.43. The smallest absolute Gasteiger partial charge is 0.197 e. The van der Waals surface area contributed by atoms with Gasteiger partial charge < -0.3 is 25.2 Å². The number of nitrogens with one attached hydrogen (secondary N) is 2. The van der Waals surface area contributed by atoms with E-state index < -0.39 is 12.5 Å². The van der Waals surface area contributed by atoms with Gasteiger partial charge in [0.25, 0.3) is 0 Å². The minimum absolute atomic E-state index is 0.205. The van der Waals surface area contributed by atoms with Gasteiger partial charge in [-0.1, -0.05) is 107 Å². The van der Waals surface area contributed by atoms with Gasteiger partial charge in [-0.3, -0.25) is 9.59 Å². The van der Waals surface area contributed by atoms with Crippen LogP contribution >= 0.6 is 46.4 Å². The van der Waals surface area contributed by atoms with Gasteiger partial charge in [-0.15, -0.1) is 0 Å². The number of ketones is 2. The number of hydrogen-bond acceptors (Lipinski definition) is 7. The third kappa shape index (κ3) is 5.77. The number of rotatable bonds is 6. The molecule has 7 nitrogen and oxygen atoms in total. The van der Waals surface area contributed by atoms with Crippen LogP contribution < -0.4 is 10.6 Å². The van der Waals surface area contributed by atoms with Crippen LogP contribution in [0.15, 0.2) is 96.6 Å². The molecule has 0 amide bonds. The number of halogens is 4. The highest BCUT2D eigenvalue weighted by Gasteiger charge is 2.39. The van der Waals surface area contributed by atoms with Gasteiger partial charge in [-0.25, -0.2) is 0 Å². The van der Waals surface area contributed by atoms with Crippen LogP contribution in [0, 0.1) is 0 Å². The van der Waals surface area contributed by atoms with Crippen molar-refractivity contribution in [3.05, 3.63) is 150 Å². The van der Waals surface area contributed by atoms with Crippen molar-refractivity contribution in [3.8, 4) is 0 Å². The maximum absolute atomic E-state index is 14.3. The summed E-state index contributed by atoms with van der Waals surface area (Å²) in [6.07, 6.45) is -1.56. The molecule has 2 N–H and O–H groups in total. The molecule has 4 aromatic carbocycles. The second kappa shape index (κ2) is 13.3. The lowest BCUT2D eigenvalue weighted by molar-refractivity contribution is -0.135. The topological polar surface area (TPSA) is 73.9 Å². The average Bonchev–Trinajstić information content (AvgIpc) is 3.22. The van der Waals surface area contributed by atoms with E-state index in [1.165, 1.54) is 0 Å². The molecule has 0 aliphatic carbocycles. The van der Waals surface area contributed by atoms with E-state index >= 15 is 0 Å². The van der Waals surface area contributed by atoms with Crippen LogP contribution in [-0.4, -0.2) is 49.6 Å². The first-order valence-corrected chi connectivity index (χ1v) is 16.2. The number of Topliss-reactive ketones (excluding diaryl/α,β-unsaturated/α-hetero) is 2. The third-order valence-corrected chi connectivity index (χ3v) is 9.91. The van der Waals surface area contributed by atoms with E-state index in [1.807, 2.05) is 60.3 Å². The first-order chi connectivity index (χ1) is 22.6. The molecule has 47 heavy (non-hydrogen) atoms. The monoisotopic (exact) mass is 706 g/mol. The van der Waals surface area contributed by atoms with E-state index in [4.69, 9.17) is 51.1 Å². The summed E-state index contributed by atoms with van der Waals surface area (Å²) in [5, 5.41) is 7.90. The zero-order chi connectivity index (χ0) is 33.6. The largest absolute Gasteiger partial charge is 0.374 e. The van der Waals surface area contributed by atoms with Gasteiger partial charge in [-0.2, -0.15) is 0 Å². The molecule has 0 fully saturated rings. The van der Waals surface area contributed by atoms with Gasteiger partial charge in [0.1, 0.15) is 11.6 Å². The normalized spacial score (nSPS) is 18.1. The number of nitrogens with zero attached hydrogens (tertiary/aromatic N) is 2. The molecule has 2 aliphatic heterocycles. The molecular formula is C36H30Cl4N4O3. The summed E-state index contributed by atoms with van der Waals surface area (Å²) < 4.78 is 7.09. The number of fused-ring (bicyclic) bond motifs is 2. The molecule has 0 radical (unpaired) electrons. The molecule has 2 aliphatic rings. The van der Waals surface area contributed by atoms with Crippen LogP contribution in [0.5, 0.6) is 0 Å². The second-order valence-electron chi connectivity index (χ2n) is 11.1. The molecule has 240 valence electrons. The molecule has 0 bridgehead atoms.